The molecule has 146 valence electrons. The van der Waals surface area contributed by atoms with Gasteiger partial charge in [-0.2, -0.15) is 13.2 Å². The van der Waals surface area contributed by atoms with Crippen molar-refractivity contribution in [2.45, 2.75) is 52.3 Å². The Labute approximate surface area is 152 Å². The monoisotopic (exact) mass is 372 g/mol. The summed E-state index contributed by atoms with van der Waals surface area (Å²) < 4.78 is 43.2. The second-order valence-corrected chi connectivity index (χ2v) is 8.20. The zero-order valence-electron chi connectivity index (χ0n) is 15.7. The van der Waals surface area contributed by atoms with Crippen molar-refractivity contribution in [2.24, 2.45) is 5.41 Å². The average Bonchev–Trinajstić information content (AvgIpc) is 2.52. The molecule has 1 saturated heterocycles. The van der Waals surface area contributed by atoms with E-state index in [1.165, 1.54) is 12.1 Å². The van der Waals surface area contributed by atoms with Crippen molar-refractivity contribution in [1.82, 2.24) is 5.32 Å². The van der Waals surface area contributed by atoms with E-state index >= 15 is 0 Å². The van der Waals surface area contributed by atoms with Crippen molar-refractivity contribution in [3.63, 3.8) is 0 Å². The highest BCUT2D eigenvalue weighted by Crippen LogP contribution is 2.34. The van der Waals surface area contributed by atoms with Gasteiger partial charge in [0.25, 0.3) is 0 Å². The van der Waals surface area contributed by atoms with Crippen LogP contribution < -0.4 is 10.2 Å². The number of ether oxygens (including phenoxy) is 1. The predicted molar refractivity (Wildman–Crippen MR) is 95.2 cm³/mol. The van der Waals surface area contributed by atoms with Crippen LogP contribution in [0.2, 0.25) is 0 Å². The summed E-state index contributed by atoms with van der Waals surface area (Å²) in [4.78, 5) is 13.9. The molecule has 2 rings (SSSR count). The first-order valence-corrected chi connectivity index (χ1v) is 8.77. The van der Waals surface area contributed by atoms with Crippen molar-refractivity contribution in [3.8, 4) is 0 Å². The Morgan fingerprint density at radius 1 is 1.15 bits per heavy atom. The Morgan fingerprint density at radius 3 is 2.15 bits per heavy atom. The minimum atomic E-state index is -4.31. The summed E-state index contributed by atoms with van der Waals surface area (Å²) >= 11 is 0. The Hall–Kier alpha value is -1.92. The molecule has 0 unspecified atom stereocenters. The minimum Gasteiger partial charge on any atom is -0.444 e. The summed E-state index contributed by atoms with van der Waals surface area (Å²) in [5, 5.41) is 2.82. The number of alkyl carbamates (subject to hydrolysis) is 1. The first kappa shape index (κ1) is 20.4. The first-order valence-electron chi connectivity index (χ1n) is 8.77. The topological polar surface area (TPSA) is 41.6 Å². The van der Waals surface area contributed by atoms with Crippen molar-refractivity contribution in [1.29, 1.82) is 0 Å². The van der Waals surface area contributed by atoms with Crippen LogP contribution >= 0.6 is 0 Å². The lowest BCUT2D eigenvalue weighted by Gasteiger charge is -2.40. The summed E-state index contributed by atoms with van der Waals surface area (Å²) in [7, 11) is 0. The SMILES string of the molecule is CC1(CNC(=O)OC(C)(C)C)CCN(c2ccc(C(F)(F)F)cc2)CC1. The van der Waals surface area contributed by atoms with E-state index in [1.807, 2.05) is 20.8 Å². The average molecular weight is 372 g/mol. The fourth-order valence-electron chi connectivity index (χ4n) is 2.94. The molecule has 0 aliphatic carbocycles. The third-order valence-electron chi connectivity index (χ3n) is 4.59. The van der Waals surface area contributed by atoms with Gasteiger partial charge in [0, 0.05) is 25.3 Å². The Bertz CT molecular complexity index is 613. The number of benzene rings is 1. The van der Waals surface area contributed by atoms with Gasteiger partial charge in [0.1, 0.15) is 5.60 Å². The maximum Gasteiger partial charge on any atom is 0.416 e. The molecule has 1 N–H and O–H groups in total. The lowest BCUT2D eigenvalue weighted by molar-refractivity contribution is -0.137. The molecule has 0 spiro atoms. The molecule has 1 aliphatic rings. The van der Waals surface area contributed by atoms with Crippen LogP contribution in [0.4, 0.5) is 23.7 Å². The standard InChI is InChI=1S/C19H27F3N2O2/c1-17(2,3)26-16(25)23-13-18(4)9-11-24(12-10-18)15-7-5-14(6-8-15)19(20,21)22/h5-8H,9-13H2,1-4H3,(H,23,25). The normalized spacial score (nSPS) is 17.7. The summed E-state index contributed by atoms with van der Waals surface area (Å²) in [6, 6.07) is 5.27. The number of carbonyl (C=O) groups excluding carboxylic acids is 1. The van der Waals surface area contributed by atoms with E-state index in [4.69, 9.17) is 4.74 Å². The number of halogens is 3. The van der Waals surface area contributed by atoms with Crippen LogP contribution in [0.25, 0.3) is 0 Å². The molecular formula is C19H27F3N2O2. The molecular weight excluding hydrogens is 345 g/mol. The Kier molecular flexibility index (Phi) is 5.78. The lowest BCUT2D eigenvalue weighted by atomic mass is 9.80. The van der Waals surface area contributed by atoms with Crippen molar-refractivity contribution >= 4 is 11.8 Å². The Morgan fingerprint density at radius 2 is 1.69 bits per heavy atom. The predicted octanol–water partition coefficient (Wildman–Crippen LogP) is 4.84. The largest absolute Gasteiger partial charge is 0.444 e. The lowest BCUT2D eigenvalue weighted by Crippen LogP contribution is -2.45. The van der Waals surface area contributed by atoms with Crippen LogP contribution in [-0.4, -0.2) is 31.3 Å². The number of alkyl halides is 3. The molecule has 26 heavy (non-hydrogen) atoms. The molecule has 1 aromatic rings. The van der Waals surface area contributed by atoms with E-state index in [0.717, 1.165) is 43.8 Å². The van der Waals surface area contributed by atoms with Crippen molar-refractivity contribution in [3.05, 3.63) is 29.8 Å². The highest BCUT2D eigenvalue weighted by Gasteiger charge is 2.33. The van der Waals surface area contributed by atoms with Gasteiger partial charge in [-0.05, 0) is 63.3 Å². The molecule has 4 nitrogen and oxygen atoms in total. The van der Waals surface area contributed by atoms with Crippen LogP contribution in [-0.2, 0) is 10.9 Å². The van der Waals surface area contributed by atoms with E-state index in [9.17, 15) is 18.0 Å². The molecule has 1 amide bonds. The van der Waals surface area contributed by atoms with Crippen LogP contribution in [0, 0.1) is 5.41 Å². The fraction of sp³-hybridized carbons (Fsp3) is 0.632. The van der Waals surface area contributed by atoms with Crippen LogP contribution in [0.5, 0.6) is 0 Å². The van der Waals surface area contributed by atoms with Gasteiger partial charge in [-0.1, -0.05) is 6.92 Å². The molecule has 1 heterocycles. The molecule has 0 aromatic heterocycles. The van der Waals surface area contributed by atoms with Gasteiger partial charge in [-0.25, -0.2) is 4.79 Å². The van der Waals surface area contributed by atoms with Crippen LogP contribution in [0.15, 0.2) is 24.3 Å². The molecule has 1 aliphatic heterocycles. The summed E-state index contributed by atoms with van der Waals surface area (Å²) in [6.45, 7) is 9.54. The first-order chi connectivity index (χ1) is 11.9. The second-order valence-electron chi connectivity index (χ2n) is 8.20. The summed E-state index contributed by atoms with van der Waals surface area (Å²) in [5.41, 5.74) is -0.430. The van der Waals surface area contributed by atoms with Gasteiger partial charge in [-0.15, -0.1) is 0 Å². The molecule has 1 fully saturated rings. The molecule has 0 atom stereocenters. The number of nitrogens with zero attached hydrogens (tertiary/aromatic N) is 1. The van der Waals surface area contributed by atoms with Gasteiger partial charge in [0.2, 0.25) is 0 Å². The zero-order chi connectivity index (χ0) is 19.6. The van der Waals surface area contributed by atoms with Crippen LogP contribution in [0.3, 0.4) is 0 Å². The molecule has 1 aromatic carbocycles. The van der Waals surface area contributed by atoms with Gasteiger partial charge < -0.3 is 15.0 Å². The number of piperidine rings is 1. The van der Waals surface area contributed by atoms with E-state index in [2.05, 4.69) is 17.1 Å². The number of amides is 1. The molecule has 7 heteroatoms. The second kappa shape index (κ2) is 7.37. The number of anilines is 1. The summed E-state index contributed by atoms with van der Waals surface area (Å²) in [5.74, 6) is 0. The Balaban J connectivity index is 1.87. The van der Waals surface area contributed by atoms with Crippen LogP contribution in [0.1, 0.15) is 46.1 Å². The molecule has 0 radical (unpaired) electrons. The highest BCUT2D eigenvalue weighted by atomic mass is 19.4. The van der Waals surface area contributed by atoms with Crippen molar-refractivity contribution in [2.75, 3.05) is 24.5 Å². The van der Waals surface area contributed by atoms with E-state index in [-0.39, 0.29) is 5.41 Å². The summed E-state index contributed by atoms with van der Waals surface area (Å²) in [6.07, 6.45) is -3.07. The number of hydrogen-bond donors (Lipinski definition) is 1. The number of rotatable bonds is 3. The van der Waals surface area contributed by atoms with E-state index in [0.29, 0.717) is 6.54 Å². The zero-order valence-corrected chi connectivity index (χ0v) is 15.7. The maximum absolute atomic E-state index is 12.7. The quantitative estimate of drug-likeness (QED) is 0.826. The van der Waals surface area contributed by atoms with E-state index < -0.39 is 23.4 Å². The number of hydrogen-bond acceptors (Lipinski definition) is 3. The highest BCUT2D eigenvalue weighted by molar-refractivity contribution is 5.67. The van der Waals surface area contributed by atoms with Gasteiger partial charge in [0.15, 0.2) is 0 Å². The van der Waals surface area contributed by atoms with Gasteiger partial charge in [0.05, 0.1) is 5.56 Å². The molecule has 0 saturated carbocycles. The number of carbonyl (C=O) groups is 1. The third-order valence-corrected chi connectivity index (χ3v) is 4.59. The van der Waals surface area contributed by atoms with Crippen molar-refractivity contribution < 1.29 is 22.7 Å². The fourth-order valence-corrected chi connectivity index (χ4v) is 2.94. The van der Waals surface area contributed by atoms with Gasteiger partial charge >= 0.3 is 12.3 Å². The third kappa shape index (κ3) is 5.81. The molecule has 0 bridgehead atoms. The smallest absolute Gasteiger partial charge is 0.416 e. The number of nitrogens with one attached hydrogen (secondary N) is 1. The maximum atomic E-state index is 12.7. The van der Waals surface area contributed by atoms with Gasteiger partial charge in [-0.3, -0.25) is 0 Å². The van der Waals surface area contributed by atoms with E-state index in [1.54, 1.807) is 0 Å². The minimum absolute atomic E-state index is 0.0562.